The Balaban J connectivity index is 2.01. The van der Waals surface area contributed by atoms with Crippen molar-refractivity contribution >= 4 is 11.7 Å². The summed E-state index contributed by atoms with van der Waals surface area (Å²) in [4.78, 5) is 22.0. The highest BCUT2D eigenvalue weighted by molar-refractivity contribution is 5.92. The molecule has 1 aromatic rings. The van der Waals surface area contributed by atoms with Crippen molar-refractivity contribution in [2.45, 2.75) is 19.3 Å². The molecule has 0 radical (unpaired) electrons. The Morgan fingerprint density at radius 2 is 2.29 bits per heavy atom. The van der Waals surface area contributed by atoms with Crippen LogP contribution in [0.1, 0.15) is 29.8 Å². The Kier molecular flexibility index (Phi) is 3.56. The van der Waals surface area contributed by atoms with E-state index in [1.807, 2.05) is 7.05 Å². The van der Waals surface area contributed by atoms with Gasteiger partial charge in [0.1, 0.15) is 11.5 Å². The van der Waals surface area contributed by atoms with E-state index in [1.54, 1.807) is 18.1 Å². The fourth-order valence-electron chi connectivity index (χ4n) is 1.93. The molecule has 5 heteroatoms. The fourth-order valence-corrected chi connectivity index (χ4v) is 1.93. The lowest BCUT2D eigenvalue weighted by Crippen LogP contribution is -2.34. The van der Waals surface area contributed by atoms with Crippen molar-refractivity contribution in [3.05, 3.63) is 18.1 Å². The summed E-state index contributed by atoms with van der Waals surface area (Å²) in [7, 11) is 3.59. The van der Waals surface area contributed by atoms with Crippen LogP contribution in [0.2, 0.25) is 0 Å². The molecule has 0 saturated heterocycles. The molecule has 0 aromatic carbocycles. The van der Waals surface area contributed by atoms with Gasteiger partial charge in [-0.15, -0.1) is 0 Å². The van der Waals surface area contributed by atoms with Gasteiger partial charge in [0.05, 0.1) is 12.4 Å². The number of hydrogen-bond acceptors (Lipinski definition) is 4. The second-order valence-corrected chi connectivity index (χ2v) is 4.52. The minimum absolute atomic E-state index is 0.0542. The standard InChI is InChI=1S/C12H18N4O/c1-13-11-7-14-6-10(15-11)12(17)16(2)8-9-4-3-5-9/h6-7,9H,3-5,8H2,1-2H3,(H,13,15). The number of anilines is 1. The number of aromatic nitrogens is 2. The zero-order valence-corrected chi connectivity index (χ0v) is 10.3. The summed E-state index contributed by atoms with van der Waals surface area (Å²) in [5, 5.41) is 2.88. The van der Waals surface area contributed by atoms with E-state index in [0.29, 0.717) is 17.4 Å². The number of amides is 1. The number of carbonyl (C=O) groups is 1. The van der Waals surface area contributed by atoms with Crippen LogP contribution in [0.15, 0.2) is 12.4 Å². The Hall–Kier alpha value is -1.65. The Labute approximate surface area is 101 Å². The van der Waals surface area contributed by atoms with Crippen molar-refractivity contribution in [2.75, 3.05) is 26.0 Å². The molecule has 92 valence electrons. The fraction of sp³-hybridized carbons (Fsp3) is 0.583. The molecule has 1 aliphatic carbocycles. The third-order valence-electron chi connectivity index (χ3n) is 3.21. The minimum Gasteiger partial charge on any atom is -0.372 e. The lowest BCUT2D eigenvalue weighted by atomic mass is 9.85. The van der Waals surface area contributed by atoms with Crippen LogP contribution in [-0.2, 0) is 0 Å². The van der Waals surface area contributed by atoms with E-state index in [1.165, 1.54) is 25.5 Å². The molecule has 0 atom stereocenters. The van der Waals surface area contributed by atoms with Gasteiger partial charge in [0.15, 0.2) is 0 Å². The van der Waals surface area contributed by atoms with Gasteiger partial charge in [0.2, 0.25) is 0 Å². The second-order valence-electron chi connectivity index (χ2n) is 4.52. The first-order valence-electron chi connectivity index (χ1n) is 5.96. The predicted molar refractivity (Wildman–Crippen MR) is 65.9 cm³/mol. The van der Waals surface area contributed by atoms with Gasteiger partial charge in [-0.05, 0) is 18.8 Å². The van der Waals surface area contributed by atoms with Crippen molar-refractivity contribution in [3.8, 4) is 0 Å². The second kappa shape index (κ2) is 5.12. The van der Waals surface area contributed by atoms with Gasteiger partial charge in [-0.2, -0.15) is 0 Å². The van der Waals surface area contributed by atoms with Gasteiger partial charge in [0.25, 0.3) is 5.91 Å². The predicted octanol–water partition coefficient (Wildman–Crippen LogP) is 1.39. The van der Waals surface area contributed by atoms with E-state index < -0.39 is 0 Å². The third-order valence-corrected chi connectivity index (χ3v) is 3.21. The van der Waals surface area contributed by atoms with Crippen LogP contribution in [0, 0.1) is 5.92 Å². The molecule has 5 nitrogen and oxygen atoms in total. The van der Waals surface area contributed by atoms with Crippen LogP contribution in [0.4, 0.5) is 5.82 Å². The maximum absolute atomic E-state index is 12.1. The molecule has 0 bridgehead atoms. The molecular weight excluding hydrogens is 216 g/mol. The largest absolute Gasteiger partial charge is 0.372 e. The van der Waals surface area contributed by atoms with Gasteiger partial charge >= 0.3 is 0 Å². The smallest absolute Gasteiger partial charge is 0.273 e. The first-order valence-corrected chi connectivity index (χ1v) is 5.96. The number of nitrogens with one attached hydrogen (secondary N) is 1. The molecule has 1 amide bonds. The molecule has 0 unspecified atom stereocenters. The molecule has 2 rings (SSSR count). The summed E-state index contributed by atoms with van der Waals surface area (Å²) >= 11 is 0. The molecule has 17 heavy (non-hydrogen) atoms. The SMILES string of the molecule is CNc1cncc(C(=O)N(C)CC2CCC2)n1. The highest BCUT2D eigenvalue weighted by atomic mass is 16.2. The van der Waals surface area contributed by atoms with Crippen molar-refractivity contribution in [3.63, 3.8) is 0 Å². The summed E-state index contributed by atoms with van der Waals surface area (Å²) in [5.41, 5.74) is 0.402. The van der Waals surface area contributed by atoms with Crippen LogP contribution < -0.4 is 5.32 Å². The van der Waals surface area contributed by atoms with Crippen LogP contribution >= 0.6 is 0 Å². The zero-order chi connectivity index (χ0) is 12.3. The molecule has 0 aliphatic heterocycles. The maximum atomic E-state index is 12.1. The van der Waals surface area contributed by atoms with E-state index in [4.69, 9.17) is 0 Å². The molecule has 1 aromatic heterocycles. The molecule has 1 heterocycles. The highest BCUT2D eigenvalue weighted by Crippen LogP contribution is 2.26. The average Bonchev–Trinajstić information content (AvgIpc) is 2.32. The Morgan fingerprint density at radius 3 is 2.88 bits per heavy atom. The van der Waals surface area contributed by atoms with Gasteiger partial charge in [-0.1, -0.05) is 6.42 Å². The van der Waals surface area contributed by atoms with Gasteiger partial charge < -0.3 is 10.2 Å². The Bertz CT molecular complexity index is 403. The zero-order valence-electron chi connectivity index (χ0n) is 10.3. The quantitative estimate of drug-likeness (QED) is 0.855. The molecule has 1 saturated carbocycles. The van der Waals surface area contributed by atoms with Crippen molar-refractivity contribution in [2.24, 2.45) is 5.92 Å². The van der Waals surface area contributed by atoms with E-state index in [9.17, 15) is 4.79 Å². The lowest BCUT2D eigenvalue weighted by molar-refractivity contribution is 0.0739. The number of carbonyl (C=O) groups excluding carboxylic acids is 1. The Morgan fingerprint density at radius 1 is 1.53 bits per heavy atom. The summed E-state index contributed by atoms with van der Waals surface area (Å²) in [6, 6.07) is 0. The summed E-state index contributed by atoms with van der Waals surface area (Å²) in [6.07, 6.45) is 6.88. The van der Waals surface area contributed by atoms with Gasteiger partial charge in [0, 0.05) is 20.6 Å². The van der Waals surface area contributed by atoms with Crippen LogP contribution in [-0.4, -0.2) is 41.4 Å². The van der Waals surface area contributed by atoms with Crippen molar-refractivity contribution in [1.29, 1.82) is 0 Å². The van der Waals surface area contributed by atoms with E-state index in [2.05, 4.69) is 15.3 Å². The summed E-state index contributed by atoms with van der Waals surface area (Å²) < 4.78 is 0. The monoisotopic (exact) mass is 234 g/mol. The van der Waals surface area contributed by atoms with Crippen molar-refractivity contribution in [1.82, 2.24) is 14.9 Å². The van der Waals surface area contributed by atoms with Crippen molar-refractivity contribution < 1.29 is 4.79 Å². The van der Waals surface area contributed by atoms with Gasteiger partial charge in [-0.3, -0.25) is 9.78 Å². The summed E-state index contributed by atoms with van der Waals surface area (Å²) in [5.74, 6) is 1.23. The van der Waals surface area contributed by atoms with E-state index >= 15 is 0 Å². The average molecular weight is 234 g/mol. The maximum Gasteiger partial charge on any atom is 0.273 e. The van der Waals surface area contributed by atoms with Crippen LogP contribution in [0.3, 0.4) is 0 Å². The van der Waals surface area contributed by atoms with E-state index in [-0.39, 0.29) is 5.91 Å². The molecular formula is C12H18N4O. The lowest BCUT2D eigenvalue weighted by Gasteiger charge is -2.29. The first kappa shape index (κ1) is 11.8. The highest BCUT2D eigenvalue weighted by Gasteiger charge is 2.22. The van der Waals surface area contributed by atoms with Crippen LogP contribution in [0.25, 0.3) is 0 Å². The topological polar surface area (TPSA) is 58.1 Å². The number of rotatable bonds is 4. The molecule has 1 aliphatic rings. The third kappa shape index (κ3) is 2.72. The number of nitrogens with zero attached hydrogens (tertiary/aromatic N) is 3. The minimum atomic E-state index is -0.0542. The van der Waals surface area contributed by atoms with E-state index in [0.717, 1.165) is 6.54 Å². The molecule has 1 fully saturated rings. The molecule has 1 N–H and O–H groups in total. The number of hydrogen-bond donors (Lipinski definition) is 1. The first-order chi connectivity index (χ1) is 8.20. The van der Waals surface area contributed by atoms with Gasteiger partial charge in [-0.25, -0.2) is 4.98 Å². The molecule has 0 spiro atoms. The van der Waals surface area contributed by atoms with Crippen LogP contribution in [0.5, 0.6) is 0 Å². The normalized spacial score (nSPS) is 15.2. The summed E-state index contributed by atoms with van der Waals surface area (Å²) in [6.45, 7) is 0.824.